The summed E-state index contributed by atoms with van der Waals surface area (Å²) >= 11 is 0. The van der Waals surface area contributed by atoms with Crippen molar-refractivity contribution < 1.29 is 13.0 Å². The number of benzene rings is 1. The SMILES string of the molecule is CCC(C)(C)c1ccc(S(=O)(=O)O)c(C(C)(C)CC)c1. The van der Waals surface area contributed by atoms with Crippen molar-refractivity contribution in [2.75, 3.05) is 0 Å². The highest BCUT2D eigenvalue weighted by Crippen LogP contribution is 2.36. The Morgan fingerprint density at radius 2 is 1.50 bits per heavy atom. The van der Waals surface area contributed by atoms with Crippen LogP contribution in [0.15, 0.2) is 23.1 Å². The predicted octanol–water partition coefficient (Wildman–Crippen LogP) is 4.31. The first-order chi connectivity index (χ1) is 8.95. The van der Waals surface area contributed by atoms with E-state index < -0.39 is 10.1 Å². The summed E-state index contributed by atoms with van der Waals surface area (Å²) in [7, 11) is -4.20. The molecule has 0 amide bonds. The van der Waals surface area contributed by atoms with E-state index in [1.165, 1.54) is 6.07 Å². The molecule has 1 aromatic rings. The Morgan fingerprint density at radius 1 is 1.00 bits per heavy atom. The predicted molar refractivity (Wildman–Crippen MR) is 82.9 cm³/mol. The fraction of sp³-hybridized carbons (Fsp3) is 0.625. The van der Waals surface area contributed by atoms with Crippen molar-refractivity contribution >= 4 is 10.1 Å². The Hall–Kier alpha value is -0.870. The number of hydrogen-bond donors (Lipinski definition) is 1. The normalized spacial score (nSPS) is 13.6. The van der Waals surface area contributed by atoms with E-state index in [0.717, 1.165) is 18.4 Å². The average molecular weight is 298 g/mol. The molecular weight excluding hydrogens is 272 g/mol. The minimum atomic E-state index is -4.20. The molecule has 0 aliphatic rings. The molecule has 1 aromatic carbocycles. The third-order valence-corrected chi connectivity index (χ3v) is 5.45. The first kappa shape index (κ1) is 17.2. The lowest BCUT2D eigenvalue weighted by molar-refractivity contribution is 0.459. The summed E-state index contributed by atoms with van der Waals surface area (Å²) in [5, 5.41) is 0. The summed E-state index contributed by atoms with van der Waals surface area (Å²) in [5.41, 5.74) is 1.48. The molecule has 0 radical (unpaired) electrons. The monoisotopic (exact) mass is 298 g/mol. The van der Waals surface area contributed by atoms with Crippen LogP contribution in [0.1, 0.15) is 65.5 Å². The minimum absolute atomic E-state index is 0.0175. The standard InChI is InChI=1S/C16H26O3S/c1-7-15(3,4)12-9-10-14(20(17,18)19)13(11-12)16(5,6)8-2/h9-11H,7-8H2,1-6H3,(H,17,18,19). The molecule has 0 aromatic heterocycles. The molecule has 4 heteroatoms. The second-order valence-electron chi connectivity index (χ2n) is 6.66. The zero-order valence-electron chi connectivity index (χ0n) is 13.3. The zero-order valence-corrected chi connectivity index (χ0v) is 14.1. The van der Waals surface area contributed by atoms with Crippen LogP contribution in [0.2, 0.25) is 0 Å². The van der Waals surface area contributed by atoms with E-state index in [0.29, 0.717) is 5.56 Å². The minimum Gasteiger partial charge on any atom is -0.282 e. The van der Waals surface area contributed by atoms with Gasteiger partial charge in [0.1, 0.15) is 0 Å². The number of rotatable bonds is 5. The van der Waals surface area contributed by atoms with E-state index in [-0.39, 0.29) is 15.7 Å². The molecule has 0 saturated carbocycles. The van der Waals surface area contributed by atoms with E-state index in [4.69, 9.17) is 0 Å². The molecule has 0 saturated heterocycles. The van der Waals surface area contributed by atoms with Crippen molar-refractivity contribution in [2.45, 2.75) is 70.1 Å². The van der Waals surface area contributed by atoms with Gasteiger partial charge in [0.25, 0.3) is 10.1 Å². The summed E-state index contributed by atoms with van der Waals surface area (Å²) in [6.07, 6.45) is 1.76. The van der Waals surface area contributed by atoms with Crippen molar-refractivity contribution in [1.29, 1.82) is 0 Å². The van der Waals surface area contributed by atoms with Crippen molar-refractivity contribution in [3.8, 4) is 0 Å². The molecule has 0 spiro atoms. The Balaban J connectivity index is 3.62. The quantitative estimate of drug-likeness (QED) is 0.824. The fourth-order valence-corrected chi connectivity index (χ4v) is 2.95. The first-order valence-electron chi connectivity index (χ1n) is 7.08. The van der Waals surface area contributed by atoms with Gasteiger partial charge >= 0.3 is 0 Å². The summed E-state index contributed by atoms with van der Waals surface area (Å²) in [6.45, 7) is 12.4. The maximum Gasteiger partial charge on any atom is 0.294 e. The molecule has 0 bridgehead atoms. The lowest BCUT2D eigenvalue weighted by atomic mass is 9.77. The Labute approximate surface area is 123 Å². The molecule has 1 N–H and O–H groups in total. The van der Waals surface area contributed by atoms with E-state index >= 15 is 0 Å². The number of hydrogen-bond acceptors (Lipinski definition) is 2. The van der Waals surface area contributed by atoms with E-state index in [1.54, 1.807) is 0 Å². The Kier molecular flexibility index (Phi) is 4.72. The van der Waals surface area contributed by atoms with E-state index in [2.05, 4.69) is 20.8 Å². The molecule has 0 fully saturated rings. The third kappa shape index (κ3) is 3.41. The van der Waals surface area contributed by atoms with Crippen LogP contribution >= 0.6 is 0 Å². The van der Waals surface area contributed by atoms with Gasteiger partial charge in [-0.15, -0.1) is 0 Å². The second-order valence-corrected chi connectivity index (χ2v) is 8.05. The van der Waals surface area contributed by atoms with Gasteiger partial charge in [-0.05, 0) is 40.9 Å². The van der Waals surface area contributed by atoms with Crippen LogP contribution in [0.4, 0.5) is 0 Å². The second kappa shape index (κ2) is 5.49. The maximum absolute atomic E-state index is 11.6. The van der Waals surface area contributed by atoms with Gasteiger partial charge in [0.05, 0.1) is 4.90 Å². The molecule has 20 heavy (non-hydrogen) atoms. The largest absolute Gasteiger partial charge is 0.294 e. The van der Waals surface area contributed by atoms with Gasteiger partial charge in [0.2, 0.25) is 0 Å². The van der Waals surface area contributed by atoms with Crippen molar-refractivity contribution in [3.63, 3.8) is 0 Å². The summed E-state index contributed by atoms with van der Waals surface area (Å²) in [4.78, 5) is 0.0278. The highest BCUT2D eigenvalue weighted by atomic mass is 32.2. The Morgan fingerprint density at radius 3 is 1.90 bits per heavy atom. The van der Waals surface area contributed by atoms with E-state index in [9.17, 15) is 13.0 Å². The molecule has 114 valence electrons. The van der Waals surface area contributed by atoms with Crippen LogP contribution in [0, 0.1) is 0 Å². The summed E-state index contributed by atoms with van der Waals surface area (Å²) in [6, 6.07) is 5.28. The topological polar surface area (TPSA) is 54.4 Å². The van der Waals surface area contributed by atoms with Gasteiger partial charge in [-0.3, -0.25) is 4.55 Å². The van der Waals surface area contributed by atoms with Crippen molar-refractivity contribution in [3.05, 3.63) is 29.3 Å². The van der Waals surface area contributed by atoms with Gasteiger partial charge in [-0.25, -0.2) is 0 Å². The molecule has 3 nitrogen and oxygen atoms in total. The van der Waals surface area contributed by atoms with Gasteiger partial charge in [-0.2, -0.15) is 8.42 Å². The smallest absolute Gasteiger partial charge is 0.282 e. The molecule has 0 aliphatic carbocycles. The highest BCUT2D eigenvalue weighted by Gasteiger charge is 2.29. The van der Waals surface area contributed by atoms with Crippen LogP contribution in [-0.2, 0) is 20.9 Å². The van der Waals surface area contributed by atoms with Gasteiger partial charge in [0.15, 0.2) is 0 Å². The molecule has 0 unspecified atom stereocenters. The molecule has 0 heterocycles. The summed E-state index contributed by atoms with van der Waals surface area (Å²) < 4.78 is 32.7. The average Bonchev–Trinajstić information content (AvgIpc) is 2.37. The van der Waals surface area contributed by atoms with Crippen LogP contribution in [0.5, 0.6) is 0 Å². The van der Waals surface area contributed by atoms with Gasteiger partial charge < -0.3 is 0 Å². The third-order valence-electron chi connectivity index (χ3n) is 4.54. The molecular formula is C16H26O3S. The lowest BCUT2D eigenvalue weighted by Gasteiger charge is -2.30. The van der Waals surface area contributed by atoms with Crippen LogP contribution in [0.3, 0.4) is 0 Å². The first-order valence-corrected chi connectivity index (χ1v) is 8.52. The van der Waals surface area contributed by atoms with E-state index in [1.807, 2.05) is 32.9 Å². The summed E-state index contributed by atoms with van der Waals surface area (Å²) in [5.74, 6) is 0. The van der Waals surface area contributed by atoms with Crippen LogP contribution in [-0.4, -0.2) is 13.0 Å². The van der Waals surface area contributed by atoms with Gasteiger partial charge in [-0.1, -0.05) is 53.7 Å². The molecule has 1 rings (SSSR count). The molecule has 0 aliphatic heterocycles. The lowest BCUT2D eigenvalue weighted by Crippen LogP contribution is -2.23. The van der Waals surface area contributed by atoms with Crippen LogP contribution < -0.4 is 0 Å². The zero-order chi connectivity index (χ0) is 15.8. The highest BCUT2D eigenvalue weighted by molar-refractivity contribution is 7.85. The van der Waals surface area contributed by atoms with Crippen molar-refractivity contribution in [2.24, 2.45) is 0 Å². The fourth-order valence-electron chi connectivity index (χ4n) is 2.10. The van der Waals surface area contributed by atoms with Gasteiger partial charge in [0, 0.05) is 0 Å². The van der Waals surface area contributed by atoms with Crippen molar-refractivity contribution in [1.82, 2.24) is 0 Å². The Bertz CT molecular complexity index is 584. The maximum atomic E-state index is 11.6. The van der Waals surface area contributed by atoms with Crippen LogP contribution in [0.25, 0.3) is 0 Å². The molecule has 0 atom stereocenters.